The van der Waals surface area contributed by atoms with Crippen LogP contribution in [0.25, 0.3) is 11.2 Å². The molecule has 3 aromatic rings. The molecule has 1 fully saturated rings. The molecule has 1 aromatic carbocycles. The number of benzene rings is 1. The second-order valence-corrected chi connectivity index (χ2v) is 6.57. The number of imidazole rings is 1. The number of hydrogen-bond acceptors (Lipinski definition) is 4. The molecule has 0 unspecified atom stereocenters. The Kier molecular flexibility index (Phi) is 4.32. The number of aromatic nitrogens is 4. The maximum atomic E-state index is 6.00. The normalized spacial score (nSPS) is 16.5. The summed E-state index contributed by atoms with van der Waals surface area (Å²) in [7, 11) is 0. The number of anilines is 1. The summed E-state index contributed by atoms with van der Waals surface area (Å²) in [6, 6.07) is 10.7. The molecule has 3 N–H and O–H groups in total. The van der Waals surface area contributed by atoms with Crippen LogP contribution in [0.1, 0.15) is 18.4 Å². The highest BCUT2D eigenvalue weighted by Gasteiger charge is 2.22. The lowest BCUT2D eigenvalue weighted by molar-refractivity contribution is -0.347. The number of hydrazine groups is 1. The van der Waals surface area contributed by atoms with E-state index in [-0.39, 0.29) is 5.28 Å². The van der Waals surface area contributed by atoms with Crippen molar-refractivity contribution in [2.75, 3.05) is 18.5 Å². The number of aromatic amines is 2. The van der Waals surface area contributed by atoms with Crippen molar-refractivity contribution < 1.29 is 4.98 Å². The zero-order valence-corrected chi connectivity index (χ0v) is 14.1. The van der Waals surface area contributed by atoms with Gasteiger partial charge in [-0.1, -0.05) is 35.3 Å². The Hall–Kier alpha value is -2.18. The van der Waals surface area contributed by atoms with Gasteiger partial charge in [0.25, 0.3) is 0 Å². The topological polar surface area (TPSA) is 71.0 Å². The molecule has 0 amide bonds. The van der Waals surface area contributed by atoms with Gasteiger partial charge >= 0.3 is 10.9 Å². The first-order chi connectivity index (χ1) is 11.8. The van der Waals surface area contributed by atoms with Gasteiger partial charge in [-0.2, -0.15) is 4.98 Å². The average molecular weight is 344 g/mol. The number of piperidine rings is 1. The second-order valence-electron chi connectivity index (χ2n) is 6.23. The van der Waals surface area contributed by atoms with E-state index in [2.05, 4.69) is 60.7 Å². The Morgan fingerprint density at radius 2 is 2.00 bits per heavy atom. The molecule has 7 heteroatoms. The van der Waals surface area contributed by atoms with Crippen molar-refractivity contribution in [3.05, 3.63) is 47.5 Å². The first kappa shape index (κ1) is 15.4. The summed E-state index contributed by atoms with van der Waals surface area (Å²) < 4.78 is 0. The molecule has 3 heterocycles. The van der Waals surface area contributed by atoms with E-state index in [4.69, 9.17) is 11.6 Å². The van der Waals surface area contributed by atoms with Gasteiger partial charge in [0, 0.05) is 13.1 Å². The Labute approximate surface area is 145 Å². The lowest BCUT2D eigenvalue weighted by Crippen LogP contribution is -2.38. The molecule has 4 rings (SSSR count). The predicted octanol–water partition coefficient (Wildman–Crippen LogP) is 2.71. The van der Waals surface area contributed by atoms with Crippen LogP contribution in [-0.4, -0.2) is 33.1 Å². The van der Waals surface area contributed by atoms with Crippen molar-refractivity contribution in [2.45, 2.75) is 19.3 Å². The first-order valence-corrected chi connectivity index (χ1v) is 8.63. The molecule has 2 aromatic heterocycles. The van der Waals surface area contributed by atoms with Gasteiger partial charge in [0.1, 0.15) is 0 Å². The summed E-state index contributed by atoms with van der Waals surface area (Å²) in [6.45, 7) is 1.98. The zero-order chi connectivity index (χ0) is 16.4. The maximum absolute atomic E-state index is 6.00. The average Bonchev–Trinajstić information content (AvgIpc) is 3.06. The van der Waals surface area contributed by atoms with Gasteiger partial charge in [-0.3, -0.25) is 10.4 Å². The molecule has 24 heavy (non-hydrogen) atoms. The molecule has 0 saturated carbocycles. The van der Waals surface area contributed by atoms with Crippen molar-refractivity contribution in [1.82, 2.24) is 20.0 Å². The molecule has 0 aliphatic carbocycles. The van der Waals surface area contributed by atoms with Crippen LogP contribution in [0, 0.1) is 5.92 Å². The van der Waals surface area contributed by atoms with Gasteiger partial charge in [0.2, 0.25) is 5.52 Å². The minimum absolute atomic E-state index is 0.236. The van der Waals surface area contributed by atoms with Crippen LogP contribution in [0.15, 0.2) is 36.7 Å². The number of nitrogens with one attached hydrogen (secondary N) is 3. The van der Waals surface area contributed by atoms with Gasteiger partial charge < -0.3 is 0 Å². The third kappa shape index (κ3) is 3.34. The molecule has 0 radical (unpaired) electrons. The van der Waals surface area contributed by atoms with Gasteiger partial charge in [-0.05, 0) is 42.3 Å². The van der Waals surface area contributed by atoms with Crippen LogP contribution in [0.2, 0.25) is 5.28 Å². The number of halogens is 1. The minimum Gasteiger partial charge on any atom is -0.300 e. The molecule has 6 nitrogen and oxygen atoms in total. The molecule has 1 aliphatic heterocycles. The van der Waals surface area contributed by atoms with Crippen molar-refractivity contribution in [1.29, 1.82) is 0 Å². The predicted molar refractivity (Wildman–Crippen MR) is 93.5 cm³/mol. The monoisotopic (exact) mass is 343 g/mol. The largest absolute Gasteiger partial charge is 0.306 e. The number of hydrogen-bond donors (Lipinski definition) is 2. The van der Waals surface area contributed by atoms with Gasteiger partial charge in [-0.15, -0.1) is 0 Å². The van der Waals surface area contributed by atoms with E-state index in [0.717, 1.165) is 30.9 Å². The minimum atomic E-state index is 0.236. The molecule has 1 aliphatic rings. The van der Waals surface area contributed by atoms with Crippen molar-refractivity contribution in [2.24, 2.45) is 5.92 Å². The molecular formula is C17H20ClN6+. The highest BCUT2D eigenvalue weighted by molar-refractivity contribution is 6.28. The number of H-pyrrole nitrogens is 2. The Bertz CT molecular complexity index is 810. The van der Waals surface area contributed by atoms with E-state index in [1.54, 1.807) is 6.33 Å². The summed E-state index contributed by atoms with van der Waals surface area (Å²) in [6.07, 6.45) is 5.22. The molecule has 0 atom stereocenters. The summed E-state index contributed by atoms with van der Waals surface area (Å²) in [5.74, 6) is 1.45. The van der Waals surface area contributed by atoms with Crippen LogP contribution in [0.4, 0.5) is 5.82 Å². The van der Waals surface area contributed by atoms with Crippen LogP contribution in [-0.2, 0) is 6.42 Å². The third-order valence-corrected chi connectivity index (χ3v) is 4.72. The summed E-state index contributed by atoms with van der Waals surface area (Å²) >= 11 is 6.00. The second kappa shape index (κ2) is 6.75. The molecule has 1 saturated heterocycles. The van der Waals surface area contributed by atoms with Crippen LogP contribution in [0.5, 0.6) is 0 Å². The van der Waals surface area contributed by atoms with Crippen LogP contribution < -0.4 is 10.4 Å². The summed E-state index contributed by atoms with van der Waals surface area (Å²) in [5, 5.41) is 2.44. The highest BCUT2D eigenvalue weighted by atomic mass is 35.5. The quantitative estimate of drug-likeness (QED) is 0.714. The van der Waals surface area contributed by atoms with E-state index in [9.17, 15) is 0 Å². The Morgan fingerprint density at radius 1 is 1.21 bits per heavy atom. The lowest BCUT2D eigenvalue weighted by Gasteiger charge is -2.32. The van der Waals surface area contributed by atoms with Crippen molar-refractivity contribution in [3.8, 4) is 0 Å². The van der Waals surface area contributed by atoms with E-state index in [1.807, 2.05) is 0 Å². The Morgan fingerprint density at radius 3 is 2.79 bits per heavy atom. The zero-order valence-electron chi connectivity index (χ0n) is 13.3. The van der Waals surface area contributed by atoms with Gasteiger partial charge in [-0.25, -0.2) is 9.99 Å². The van der Waals surface area contributed by atoms with Crippen molar-refractivity contribution >= 4 is 28.6 Å². The molecule has 124 valence electrons. The van der Waals surface area contributed by atoms with E-state index < -0.39 is 0 Å². The summed E-state index contributed by atoms with van der Waals surface area (Å²) in [5.41, 5.74) is 6.35. The summed E-state index contributed by atoms with van der Waals surface area (Å²) in [4.78, 5) is 14.6. The number of rotatable bonds is 4. The maximum Gasteiger partial charge on any atom is 0.306 e. The number of nitrogens with zero attached hydrogens (tertiary/aromatic N) is 3. The van der Waals surface area contributed by atoms with Crippen LogP contribution in [0.3, 0.4) is 0 Å². The smallest absolute Gasteiger partial charge is 0.300 e. The SMILES string of the molecule is Clc1nc(NN2CCC(Cc3ccccc3)CC2)c2[nH]c[nH+]c2n1. The molecular weight excluding hydrogens is 324 g/mol. The van der Waals surface area contributed by atoms with Crippen LogP contribution >= 0.6 is 11.6 Å². The van der Waals surface area contributed by atoms with Gasteiger partial charge in [0.15, 0.2) is 12.1 Å². The van der Waals surface area contributed by atoms with E-state index in [0.29, 0.717) is 11.5 Å². The molecule has 0 spiro atoms. The fourth-order valence-corrected chi connectivity index (χ4v) is 3.45. The van der Waals surface area contributed by atoms with Crippen molar-refractivity contribution in [3.63, 3.8) is 0 Å². The first-order valence-electron chi connectivity index (χ1n) is 8.26. The van der Waals surface area contributed by atoms with E-state index >= 15 is 0 Å². The fraction of sp³-hybridized carbons (Fsp3) is 0.353. The molecule has 0 bridgehead atoms. The van der Waals surface area contributed by atoms with Gasteiger partial charge in [0.05, 0.1) is 0 Å². The lowest BCUT2D eigenvalue weighted by atomic mass is 9.91. The number of fused-ring (bicyclic) bond motifs is 1. The van der Waals surface area contributed by atoms with E-state index in [1.165, 1.54) is 18.4 Å². The Balaban J connectivity index is 1.38. The third-order valence-electron chi connectivity index (χ3n) is 4.55. The standard InChI is InChI=1S/C17H19ClN6/c18-17-21-15-14(19-11-20-15)16(22-17)23-24-8-6-13(7-9-24)10-12-4-2-1-3-5-12/h1-5,11,13H,6-10H2,(H2,19,20,21,22,23)/p+1. The highest BCUT2D eigenvalue weighted by Crippen LogP contribution is 2.23. The fourth-order valence-electron chi connectivity index (χ4n) is 3.28.